The van der Waals surface area contributed by atoms with Gasteiger partial charge in [0.1, 0.15) is 0 Å². The average Bonchev–Trinajstić information content (AvgIpc) is 0.722. The Labute approximate surface area is 56.9 Å². The molecule has 0 heterocycles. The van der Waals surface area contributed by atoms with Crippen LogP contribution >= 0.6 is 7.91 Å². The van der Waals surface area contributed by atoms with Crippen LogP contribution in [0.4, 0.5) is 4.20 Å². The Bertz CT molecular complexity index is 63.4. The van der Waals surface area contributed by atoms with Gasteiger partial charge in [-0.1, -0.05) is 0 Å². The molecule has 0 aromatic heterocycles. The van der Waals surface area contributed by atoms with Gasteiger partial charge in [-0.15, -0.1) is 4.20 Å². The molecule has 0 aromatic rings. The Balaban J connectivity index is -0.0000000267. The second kappa shape index (κ2) is 7.53. The molecule has 0 amide bonds. The monoisotopic (exact) mass is 164 g/mol. The van der Waals surface area contributed by atoms with Crippen molar-refractivity contribution in [2.45, 2.75) is 0 Å². The van der Waals surface area contributed by atoms with E-state index in [1.54, 1.807) is 0 Å². The molecule has 0 aliphatic carbocycles. The molecular formula is H11AlFN2O3P. The van der Waals surface area contributed by atoms with Gasteiger partial charge in [0.05, 0.1) is 0 Å². The maximum absolute atomic E-state index is 10.4. The number of rotatable bonds is 0. The van der Waals surface area contributed by atoms with E-state index in [1.807, 2.05) is 0 Å². The molecule has 0 radical (unpaired) electrons. The Hall–Kier alpha value is 0.532. The Morgan fingerprint density at radius 2 is 1.25 bits per heavy atom. The summed E-state index contributed by atoms with van der Waals surface area (Å²) in [6.45, 7) is 0. The highest BCUT2D eigenvalue weighted by atomic mass is 31.2. The summed E-state index contributed by atoms with van der Waals surface area (Å²) in [5, 5.41) is 0. The van der Waals surface area contributed by atoms with Crippen LogP contribution in [0.25, 0.3) is 0 Å². The Morgan fingerprint density at radius 3 is 1.25 bits per heavy atom. The van der Waals surface area contributed by atoms with E-state index < -0.39 is 7.91 Å². The van der Waals surface area contributed by atoms with Gasteiger partial charge in [0.15, 0.2) is 17.4 Å². The van der Waals surface area contributed by atoms with Gasteiger partial charge in [-0.25, -0.2) is 4.57 Å². The highest BCUT2D eigenvalue weighted by Gasteiger charge is 2.04. The van der Waals surface area contributed by atoms with Crippen LogP contribution in [-0.4, -0.2) is 27.1 Å². The molecule has 8 N–H and O–H groups in total. The van der Waals surface area contributed by atoms with Crippen LogP contribution in [0, 0.1) is 0 Å². The molecule has 0 atom stereocenters. The smallest absolute Gasteiger partial charge is 0.344 e. The highest BCUT2D eigenvalue weighted by molar-refractivity contribution is 7.45. The normalized spacial score (nSPS) is 7.38. The summed E-state index contributed by atoms with van der Waals surface area (Å²) in [4.78, 5) is 13.9. The zero-order valence-corrected chi connectivity index (χ0v) is 4.44. The molecule has 0 saturated carbocycles. The third kappa shape index (κ3) is 705. The quantitative estimate of drug-likeness (QED) is 0.275. The second-order valence-corrected chi connectivity index (χ2v) is 1.42. The first-order valence-electron chi connectivity index (χ1n) is 0.752. The minimum Gasteiger partial charge on any atom is -0.344 e. The first-order valence-corrected chi connectivity index (χ1v) is 2.25. The summed E-state index contributed by atoms with van der Waals surface area (Å²) >= 11 is 0. The summed E-state index contributed by atoms with van der Waals surface area (Å²) in [6, 6.07) is 0. The molecule has 0 aliphatic rings. The van der Waals surface area contributed by atoms with E-state index >= 15 is 0 Å². The van der Waals surface area contributed by atoms with Gasteiger partial charge in [0.25, 0.3) is 0 Å². The van der Waals surface area contributed by atoms with Crippen LogP contribution in [0.5, 0.6) is 0 Å². The topological polar surface area (TPSA) is 128 Å². The lowest BCUT2D eigenvalue weighted by atomic mass is 14.0. The van der Waals surface area contributed by atoms with Crippen molar-refractivity contribution in [3.63, 3.8) is 0 Å². The average molecular weight is 164 g/mol. The molecule has 0 bridgehead atoms. The summed E-state index contributed by atoms with van der Waals surface area (Å²) < 4.78 is 19.0. The molecule has 0 aromatic carbocycles. The maximum atomic E-state index is 10.4. The molecular weight excluding hydrogens is 153 g/mol. The fraction of sp³-hybridized carbons (Fsp3) is 0. The van der Waals surface area contributed by atoms with Crippen molar-refractivity contribution >= 4 is 25.3 Å². The molecule has 54 valence electrons. The standard InChI is InChI=1S/Al.FH2O3P.2H3N.3H/c;1-5(2,3)4;;;;;/h;(H2,2,3,4);2*1H3;;;. The molecule has 0 spiro atoms. The lowest BCUT2D eigenvalue weighted by Gasteiger charge is -1.77. The van der Waals surface area contributed by atoms with Crippen molar-refractivity contribution in [1.29, 1.82) is 0 Å². The molecule has 8 heteroatoms. The van der Waals surface area contributed by atoms with Crippen LogP contribution in [0.3, 0.4) is 0 Å². The van der Waals surface area contributed by atoms with Gasteiger partial charge in [0, 0.05) is 0 Å². The highest BCUT2D eigenvalue weighted by Crippen LogP contribution is 2.34. The van der Waals surface area contributed by atoms with Crippen molar-refractivity contribution < 1.29 is 18.5 Å². The van der Waals surface area contributed by atoms with Gasteiger partial charge in [0.2, 0.25) is 0 Å². The van der Waals surface area contributed by atoms with Crippen LogP contribution in [-0.2, 0) is 4.57 Å². The minimum absolute atomic E-state index is 0. The fourth-order valence-electron chi connectivity index (χ4n) is 0. The molecule has 0 aliphatic heterocycles. The van der Waals surface area contributed by atoms with Gasteiger partial charge in [-0.2, -0.15) is 0 Å². The molecule has 0 rings (SSSR count). The van der Waals surface area contributed by atoms with Crippen molar-refractivity contribution in [3.05, 3.63) is 0 Å². The zero-order chi connectivity index (χ0) is 4.50. The SMILES string of the molecule is N.N.O=P(O)(O)F.[AlH3]. The summed E-state index contributed by atoms with van der Waals surface area (Å²) in [6.07, 6.45) is 0. The lowest BCUT2D eigenvalue weighted by molar-refractivity contribution is 0.322. The molecule has 0 fully saturated rings. The van der Waals surface area contributed by atoms with Crippen molar-refractivity contribution in [2.75, 3.05) is 0 Å². The number of halogens is 1. The second-order valence-electron chi connectivity index (χ2n) is 0.473. The van der Waals surface area contributed by atoms with E-state index in [0.29, 0.717) is 0 Å². The fourth-order valence-corrected chi connectivity index (χ4v) is 0. The third-order valence-electron chi connectivity index (χ3n) is 0. The first-order chi connectivity index (χ1) is 2.00. The van der Waals surface area contributed by atoms with Crippen LogP contribution < -0.4 is 12.3 Å². The largest absolute Gasteiger partial charge is 0.507 e. The number of hydrogen-bond acceptors (Lipinski definition) is 3. The summed E-state index contributed by atoms with van der Waals surface area (Å²) in [5.41, 5.74) is 0. The molecule has 0 unspecified atom stereocenters. The van der Waals surface area contributed by atoms with Crippen molar-refractivity contribution in [3.8, 4) is 0 Å². The predicted molar refractivity (Wildman–Crippen MR) is 33.1 cm³/mol. The van der Waals surface area contributed by atoms with Crippen LogP contribution in [0.15, 0.2) is 0 Å². The van der Waals surface area contributed by atoms with Gasteiger partial charge < -0.3 is 12.3 Å². The maximum Gasteiger partial charge on any atom is 0.507 e. The molecule has 5 nitrogen and oxygen atoms in total. The van der Waals surface area contributed by atoms with E-state index in [2.05, 4.69) is 0 Å². The van der Waals surface area contributed by atoms with E-state index in [1.165, 1.54) is 0 Å². The zero-order valence-electron chi connectivity index (χ0n) is 3.54. The third-order valence-corrected chi connectivity index (χ3v) is 0. The van der Waals surface area contributed by atoms with Crippen LogP contribution in [0.2, 0.25) is 0 Å². The molecule has 8 heavy (non-hydrogen) atoms. The van der Waals surface area contributed by atoms with E-state index in [0.717, 1.165) is 0 Å². The summed E-state index contributed by atoms with van der Waals surface area (Å²) in [5.74, 6) is 0. The van der Waals surface area contributed by atoms with Gasteiger partial charge >= 0.3 is 7.91 Å². The van der Waals surface area contributed by atoms with E-state index in [-0.39, 0.29) is 29.7 Å². The van der Waals surface area contributed by atoms with Crippen molar-refractivity contribution in [1.82, 2.24) is 12.3 Å². The predicted octanol–water partition coefficient (Wildman–Crippen LogP) is -0.811. The van der Waals surface area contributed by atoms with Gasteiger partial charge in [-0.05, 0) is 0 Å². The molecule has 0 saturated heterocycles. The van der Waals surface area contributed by atoms with Crippen molar-refractivity contribution in [2.24, 2.45) is 0 Å². The van der Waals surface area contributed by atoms with E-state index in [9.17, 15) is 4.20 Å². The van der Waals surface area contributed by atoms with E-state index in [4.69, 9.17) is 14.4 Å². The first kappa shape index (κ1) is 23.6. The Kier molecular flexibility index (Phi) is 22.2. The number of hydrogen-bond donors (Lipinski definition) is 4. The summed E-state index contributed by atoms with van der Waals surface area (Å²) in [7, 11) is -5.14. The lowest BCUT2D eigenvalue weighted by Crippen LogP contribution is -1.56. The van der Waals surface area contributed by atoms with Crippen LogP contribution in [0.1, 0.15) is 0 Å². The Morgan fingerprint density at radius 1 is 1.25 bits per heavy atom. The van der Waals surface area contributed by atoms with Gasteiger partial charge in [-0.3, -0.25) is 9.79 Å². The minimum atomic E-state index is -5.14.